The Morgan fingerprint density at radius 1 is 1.08 bits per heavy atom. The summed E-state index contributed by atoms with van der Waals surface area (Å²) >= 11 is 0. The molecule has 2 rings (SSSR count). The molecule has 0 bridgehead atoms. The number of benzene rings is 2. The number of nitrogens with zero attached hydrogens (tertiary/aromatic N) is 2. The quantitative estimate of drug-likeness (QED) is 0.940. The van der Waals surface area contributed by atoms with E-state index in [1.165, 1.54) is 11.8 Å². The fraction of sp³-hybridized carbons (Fsp3) is 0.211. The first kappa shape index (κ1) is 17.2. The van der Waals surface area contributed by atoms with Crippen LogP contribution in [0.1, 0.15) is 23.6 Å². The molecule has 0 atom stereocenters. The average Bonchev–Trinajstić information content (AvgIpc) is 2.51. The Balaban J connectivity index is 2.13. The first-order valence-corrected chi connectivity index (χ1v) is 7.55. The second-order valence-corrected chi connectivity index (χ2v) is 5.69. The van der Waals surface area contributed by atoms with E-state index in [9.17, 15) is 9.59 Å². The fourth-order valence-electron chi connectivity index (χ4n) is 2.49. The van der Waals surface area contributed by atoms with Crippen LogP contribution in [0.5, 0.6) is 0 Å². The minimum Gasteiger partial charge on any atom is -0.325 e. The first-order chi connectivity index (χ1) is 11.4. The fourth-order valence-corrected chi connectivity index (χ4v) is 2.49. The number of carbonyl (C=O) groups is 2. The summed E-state index contributed by atoms with van der Waals surface area (Å²) in [6.07, 6.45) is 0. The molecule has 0 aliphatic carbocycles. The summed E-state index contributed by atoms with van der Waals surface area (Å²) in [5, 5.41) is 11.7. The van der Waals surface area contributed by atoms with Crippen LogP contribution < -0.4 is 10.2 Å². The lowest BCUT2D eigenvalue weighted by Crippen LogP contribution is -2.36. The van der Waals surface area contributed by atoms with Crippen LogP contribution in [-0.2, 0) is 9.59 Å². The Bertz CT molecular complexity index is 784. The Labute approximate surface area is 141 Å². The molecule has 5 heteroatoms. The van der Waals surface area contributed by atoms with Crippen molar-refractivity contribution in [3.05, 3.63) is 59.2 Å². The third-order valence-electron chi connectivity index (χ3n) is 3.50. The molecule has 0 radical (unpaired) electrons. The number of amides is 2. The molecule has 2 aromatic rings. The van der Waals surface area contributed by atoms with Gasteiger partial charge in [-0.25, -0.2) is 0 Å². The minimum atomic E-state index is -0.278. The lowest BCUT2D eigenvalue weighted by molar-refractivity contribution is -0.120. The molecule has 0 heterocycles. The van der Waals surface area contributed by atoms with Gasteiger partial charge >= 0.3 is 0 Å². The summed E-state index contributed by atoms with van der Waals surface area (Å²) in [5.74, 6) is -0.519. The predicted molar refractivity (Wildman–Crippen MR) is 93.7 cm³/mol. The summed E-state index contributed by atoms with van der Waals surface area (Å²) in [6.45, 7) is 5.24. The van der Waals surface area contributed by atoms with Gasteiger partial charge in [0, 0.05) is 18.3 Å². The number of anilines is 2. The summed E-state index contributed by atoms with van der Waals surface area (Å²) in [4.78, 5) is 25.5. The van der Waals surface area contributed by atoms with Crippen LogP contribution in [-0.4, -0.2) is 18.4 Å². The van der Waals surface area contributed by atoms with Gasteiger partial charge in [0.2, 0.25) is 11.8 Å². The molecule has 2 aromatic carbocycles. The minimum absolute atomic E-state index is 0.0891. The number of nitrogens with one attached hydrogen (secondary N) is 1. The zero-order valence-electron chi connectivity index (χ0n) is 14.0. The van der Waals surface area contributed by atoms with Gasteiger partial charge in [-0.15, -0.1) is 0 Å². The van der Waals surface area contributed by atoms with Crippen molar-refractivity contribution in [2.45, 2.75) is 20.8 Å². The van der Waals surface area contributed by atoms with E-state index in [4.69, 9.17) is 5.26 Å². The number of hydrogen-bond acceptors (Lipinski definition) is 3. The molecule has 24 heavy (non-hydrogen) atoms. The highest BCUT2D eigenvalue weighted by molar-refractivity contribution is 6.01. The van der Waals surface area contributed by atoms with Crippen molar-refractivity contribution >= 4 is 23.2 Å². The Morgan fingerprint density at radius 2 is 1.67 bits per heavy atom. The third-order valence-corrected chi connectivity index (χ3v) is 3.50. The molecular weight excluding hydrogens is 302 g/mol. The van der Waals surface area contributed by atoms with Crippen molar-refractivity contribution in [1.82, 2.24) is 0 Å². The summed E-state index contributed by atoms with van der Waals surface area (Å²) in [6, 6.07) is 14.4. The van der Waals surface area contributed by atoms with Crippen LogP contribution in [0.25, 0.3) is 0 Å². The van der Waals surface area contributed by atoms with E-state index >= 15 is 0 Å². The van der Waals surface area contributed by atoms with Gasteiger partial charge in [0.15, 0.2) is 0 Å². The van der Waals surface area contributed by atoms with Gasteiger partial charge in [-0.3, -0.25) is 9.59 Å². The molecule has 2 amide bonds. The zero-order valence-corrected chi connectivity index (χ0v) is 14.0. The van der Waals surface area contributed by atoms with Crippen molar-refractivity contribution in [2.75, 3.05) is 16.8 Å². The van der Waals surface area contributed by atoms with E-state index in [-0.39, 0.29) is 18.4 Å². The van der Waals surface area contributed by atoms with E-state index in [1.54, 1.807) is 24.3 Å². The monoisotopic (exact) mass is 321 g/mol. The molecule has 5 nitrogen and oxygen atoms in total. The van der Waals surface area contributed by atoms with Crippen LogP contribution >= 0.6 is 0 Å². The van der Waals surface area contributed by atoms with Gasteiger partial charge < -0.3 is 10.2 Å². The highest BCUT2D eigenvalue weighted by Gasteiger charge is 2.16. The first-order valence-electron chi connectivity index (χ1n) is 7.55. The highest BCUT2D eigenvalue weighted by atomic mass is 16.2. The van der Waals surface area contributed by atoms with Crippen LogP contribution in [0.3, 0.4) is 0 Å². The zero-order chi connectivity index (χ0) is 17.7. The van der Waals surface area contributed by atoms with E-state index in [1.807, 2.05) is 38.1 Å². The molecular formula is C19H19N3O2. The maximum atomic E-state index is 12.3. The Kier molecular flexibility index (Phi) is 5.33. The molecule has 0 unspecified atom stereocenters. The maximum Gasteiger partial charge on any atom is 0.244 e. The molecule has 0 aliphatic rings. The van der Waals surface area contributed by atoms with Crippen molar-refractivity contribution in [3.63, 3.8) is 0 Å². The van der Waals surface area contributed by atoms with E-state index in [0.717, 1.165) is 11.1 Å². The molecule has 0 fully saturated rings. The van der Waals surface area contributed by atoms with Crippen LogP contribution in [0.15, 0.2) is 42.5 Å². The van der Waals surface area contributed by atoms with Gasteiger partial charge in [0.1, 0.15) is 6.54 Å². The highest BCUT2D eigenvalue weighted by Crippen LogP contribution is 2.17. The smallest absolute Gasteiger partial charge is 0.244 e. The van der Waals surface area contributed by atoms with Gasteiger partial charge in [-0.2, -0.15) is 5.26 Å². The number of hydrogen-bond donors (Lipinski definition) is 1. The molecule has 0 saturated carbocycles. The lowest BCUT2D eigenvalue weighted by atomic mass is 10.1. The molecule has 0 saturated heterocycles. The topological polar surface area (TPSA) is 73.2 Å². The van der Waals surface area contributed by atoms with Gasteiger partial charge in [-0.1, -0.05) is 6.07 Å². The molecule has 1 N–H and O–H groups in total. The largest absolute Gasteiger partial charge is 0.325 e. The van der Waals surface area contributed by atoms with Crippen molar-refractivity contribution < 1.29 is 9.59 Å². The van der Waals surface area contributed by atoms with Crippen LogP contribution in [0.4, 0.5) is 11.4 Å². The SMILES string of the molecule is CC(=O)N(CC(=O)Nc1cc(C)cc(C)c1)c1ccc(C#N)cc1. The normalized spacial score (nSPS) is 9.92. The van der Waals surface area contributed by atoms with Crippen molar-refractivity contribution in [1.29, 1.82) is 5.26 Å². The van der Waals surface area contributed by atoms with E-state index in [0.29, 0.717) is 16.9 Å². The maximum absolute atomic E-state index is 12.3. The second-order valence-electron chi connectivity index (χ2n) is 5.69. The molecule has 0 aromatic heterocycles. The second kappa shape index (κ2) is 7.42. The summed E-state index contributed by atoms with van der Waals surface area (Å²) in [5.41, 5.74) is 3.90. The van der Waals surface area contributed by atoms with Gasteiger partial charge in [-0.05, 0) is 61.4 Å². The predicted octanol–water partition coefficient (Wildman–Crippen LogP) is 3.17. The van der Waals surface area contributed by atoms with Crippen molar-refractivity contribution in [3.8, 4) is 6.07 Å². The Hall–Kier alpha value is -3.13. The number of aryl methyl sites for hydroxylation is 2. The van der Waals surface area contributed by atoms with E-state index < -0.39 is 0 Å². The molecule has 0 spiro atoms. The standard InChI is InChI=1S/C19H19N3O2/c1-13-8-14(2)10-17(9-13)21-19(24)12-22(15(3)23)18-6-4-16(11-20)5-7-18/h4-10H,12H2,1-3H3,(H,21,24). The van der Waals surface area contributed by atoms with Crippen molar-refractivity contribution in [2.24, 2.45) is 0 Å². The number of nitriles is 1. The van der Waals surface area contributed by atoms with Crippen LogP contribution in [0, 0.1) is 25.2 Å². The molecule has 0 aliphatic heterocycles. The van der Waals surface area contributed by atoms with Crippen LogP contribution in [0.2, 0.25) is 0 Å². The number of carbonyl (C=O) groups excluding carboxylic acids is 2. The summed E-state index contributed by atoms with van der Waals surface area (Å²) < 4.78 is 0. The summed E-state index contributed by atoms with van der Waals surface area (Å²) in [7, 11) is 0. The van der Waals surface area contributed by atoms with E-state index in [2.05, 4.69) is 5.32 Å². The average molecular weight is 321 g/mol. The third kappa shape index (κ3) is 4.43. The Morgan fingerprint density at radius 3 is 2.17 bits per heavy atom. The lowest BCUT2D eigenvalue weighted by Gasteiger charge is -2.21. The van der Waals surface area contributed by atoms with Gasteiger partial charge in [0.05, 0.1) is 11.6 Å². The van der Waals surface area contributed by atoms with Gasteiger partial charge in [0.25, 0.3) is 0 Å². The number of rotatable bonds is 4. The molecule has 122 valence electrons.